The summed E-state index contributed by atoms with van der Waals surface area (Å²) in [5, 5.41) is 0. The second-order valence-corrected chi connectivity index (χ2v) is 8.71. The van der Waals surface area contributed by atoms with E-state index in [-0.39, 0.29) is 11.6 Å². The van der Waals surface area contributed by atoms with Gasteiger partial charge >= 0.3 is 33.0 Å². The molecule has 152 valence electrons. The summed E-state index contributed by atoms with van der Waals surface area (Å²) < 4.78 is 85.7. The molecule has 0 unspecified atom stereocenters. The molecule has 0 amide bonds. The molecule has 0 fully saturated rings. The number of benzene rings is 3. The third kappa shape index (κ3) is 9.19. The standard InChI is InChI=1S/C18H12F2S.F6P/c19-14-6-9-16(10-7-14)21-18-11-8-15(20)12-17(18)13-4-2-1-3-5-13;1-7(2,3,4,5)6/h1-12H;/q;-1/p+1. The molecule has 0 bridgehead atoms. The van der Waals surface area contributed by atoms with Crippen molar-refractivity contribution in [3.05, 3.63) is 84.4 Å². The van der Waals surface area contributed by atoms with Gasteiger partial charge in [-0.25, -0.2) is 8.78 Å². The van der Waals surface area contributed by atoms with Crippen LogP contribution in [-0.2, 0) is 11.8 Å². The number of rotatable bonds is 3. The predicted molar refractivity (Wildman–Crippen MR) is 97.1 cm³/mol. The van der Waals surface area contributed by atoms with Crippen molar-refractivity contribution in [3.8, 4) is 11.1 Å². The molecule has 0 spiro atoms. The van der Waals surface area contributed by atoms with Crippen molar-refractivity contribution in [1.29, 1.82) is 0 Å². The van der Waals surface area contributed by atoms with E-state index in [0.717, 1.165) is 32.7 Å². The number of hydrogen-bond acceptors (Lipinski definition) is 0. The van der Waals surface area contributed by atoms with Crippen molar-refractivity contribution in [1.82, 2.24) is 0 Å². The SMILES string of the molecule is F[P-](F)(F)(F)(F)F.Fc1ccc([SH+]c2ccc(F)cc2-c2ccccc2)cc1. The zero-order valence-electron chi connectivity index (χ0n) is 13.8. The summed E-state index contributed by atoms with van der Waals surface area (Å²) in [5.41, 5.74) is 1.84. The van der Waals surface area contributed by atoms with Gasteiger partial charge in [-0.05, 0) is 48.0 Å². The molecular weight excluding hydrogens is 431 g/mol. The summed E-state index contributed by atoms with van der Waals surface area (Å²) >= 11 is 0.927. The first-order valence-corrected chi connectivity index (χ1v) is 10.5. The van der Waals surface area contributed by atoms with E-state index in [2.05, 4.69) is 0 Å². The van der Waals surface area contributed by atoms with Crippen LogP contribution in [0, 0.1) is 11.6 Å². The van der Waals surface area contributed by atoms with Crippen LogP contribution >= 0.6 is 7.81 Å². The summed E-state index contributed by atoms with van der Waals surface area (Å²) in [6, 6.07) is 20.9. The van der Waals surface area contributed by atoms with Crippen molar-refractivity contribution in [2.75, 3.05) is 0 Å². The van der Waals surface area contributed by atoms with E-state index in [4.69, 9.17) is 0 Å². The smallest absolute Gasteiger partial charge is 0.166 e. The molecule has 0 saturated heterocycles. The van der Waals surface area contributed by atoms with Gasteiger partial charge in [-0.1, -0.05) is 30.3 Å². The minimum atomic E-state index is -10.7. The summed E-state index contributed by atoms with van der Waals surface area (Å²) in [5.74, 6) is -0.511. The summed E-state index contributed by atoms with van der Waals surface area (Å²) in [6.07, 6.45) is 0. The molecule has 3 aromatic rings. The van der Waals surface area contributed by atoms with Gasteiger partial charge < -0.3 is 0 Å². The largest absolute Gasteiger partial charge is 0.207 e. The molecule has 0 N–H and O–H groups in total. The number of halogens is 8. The minimum absolute atomic E-state index is 0.253. The molecule has 0 aliphatic heterocycles. The van der Waals surface area contributed by atoms with E-state index in [1.165, 1.54) is 18.2 Å². The third-order valence-electron chi connectivity index (χ3n) is 3.12. The maximum absolute atomic E-state index is 13.6. The molecule has 0 aliphatic carbocycles. The molecule has 0 radical (unpaired) electrons. The Bertz CT molecular complexity index is 928. The van der Waals surface area contributed by atoms with Gasteiger partial charge in [0.2, 0.25) is 0 Å². The van der Waals surface area contributed by atoms with E-state index < -0.39 is 7.81 Å². The van der Waals surface area contributed by atoms with Crippen LogP contribution in [0.1, 0.15) is 0 Å². The van der Waals surface area contributed by atoms with Gasteiger partial charge in [0.05, 0.1) is 0 Å². The van der Waals surface area contributed by atoms with Gasteiger partial charge in [0, 0.05) is 17.3 Å². The Kier molecular flexibility index (Phi) is 5.83. The van der Waals surface area contributed by atoms with Gasteiger partial charge in [-0.2, -0.15) is 0 Å². The van der Waals surface area contributed by atoms with Crippen LogP contribution in [0.25, 0.3) is 11.1 Å². The first-order valence-electron chi connectivity index (χ1n) is 7.56. The predicted octanol–water partition coefficient (Wildman–Crippen LogP) is 8.25. The molecular formula is C18H13F8PS. The van der Waals surface area contributed by atoms with Gasteiger partial charge in [-0.15, -0.1) is 0 Å². The Morgan fingerprint density at radius 3 is 1.64 bits per heavy atom. The quantitative estimate of drug-likeness (QED) is 0.165. The van der Waals surface area contributed by atoms with E-state index in [1.807, 2.05) is 30.3 Å². The molecule has 0 atom stereocenters. The molecule has 3 rings (SSSR count). The average molecular weight is 444 g/mol. The van der Waals surface area contributed by atoms with Crippen LogP contribution in [0.3, 0.4) is 0 Å². The molecule has 3 aromatic carbocycles. The normalized spacial score (nSPS) is 13.7. The Morgan fingerprint density at radius 1 is 0.607 bits per heavy atom. The van der Waals surface area contributed by atoms with Crippen molar-refractivity contribution < 1.29 is 34.0 Å². The van der Waals surface area contributed by atoms with Gasteiger partial charge in [0.1, 0.15) is 11.6 Å². The molecule has 10 heteroatoms. The van der Waals surface area contributed by atoms with Gasteiger partial charge in [0.25, 0.3) is 0 Å². The molecule has 0 nitrogen and oxygen atoms in total. The maximum atomic E-state index is 13.6. The second-order valence-electron chi connectivity index (χ2n) is 5.57. The van der Waals surface area contributed by atoms with E-state index in [0.29, 0.717) is 0 Å². The van der Waals surface area contributed by atoms with Gasteiger partial charge in [0.15, 0.2) is 9.79 Å². The van der Waals surface area contributed by atoms with Crippen LogP contribution in [-0.4, -0.2) is 0 Å². The summed E-state index contributed by atoms with van der Waals surface area (Å²) in [6.45, 7) is 0. The van der Waals surface area contributed by atoms with Crippen molar-refractivity contribution in [2.24, 2.45) is 0 Å². The van der Waals surface area contributed by atoms with Crippen LogP contribution < -0.4 is 0 Å². The first kappa shape index (κ1) is 22.2. The Hall–Kier alpha value is -2.12. The van der Waals surface area contributed by atoms with E-state index in [1.54, 1.807) is 24.3 Å². The average Bonchev–Trinajstić information content (AvgIpc) is 2.56. The Balaban J connectivity index is 0.000000345. The molecule has 0 heterocycles. The van der Waals surface area contributed by atoms with Crippen molar-refractivity contribution in [2.45, 2.75) is 9.79 Å². The monoisotopic (exact) mass is 444 g/mol. The first-order chi connectivity index (χ1) is 12.7. The van der Waals surface area contributed by atoms with Crippen molar-refractivity contribution in [3.63, 3.8) is 0 Å². The molecule has 0 aliphatic rings. The number of thiol groups is 1. The zero-order chi connectivity index (χ0) is 21.1. The van der Waals surface area contributed by atoms with Crippen LogP contribution in [0.4, 0.5) is 34.0 Å². The van der Waals surface area contributed by atoms with Gasteiger partial charge in [-0.3, -0.25) is 0 Å². The number of hydrogen-bond donors (Lipinski definition) is 0. The zero-order valence-corrected chi connectivity index (χ0v) is 15.6. The fourth-order valence-corrected chi connectivity index (χ4v) is 3.15. The Labute approximate surface area is 159 Å². The van der Waals surface area contributed by atoms with E-state index in [9.17, 15) is 34.0 Å². The van der Waals surface area contributed by atoms with Crippen LogP contribution in [0.5, 0.6) is 0 Å². The topological polar surface area (TPSA) is 0 Å². The molecule has 0 aromatic heterocycles. The Morgan fingerprint density at radius 2 is 1.11 bits per heavy atom. The minimum Gasteiger partial charge on any atom is -0.207 e. The van der Waals surface area contributed by atoms with Crippen molar-refractivity contribution >= 4 is 19.6 Å². The third-order valence-corrected chi connectivity index (χ3v) is 4.31. The summed E-state index contributed by atoms with van der Waals surface area (Å²) in [7, 11) is -10.7. The summed E-state index contributed by atoms with van der Waals surface area (Å²) in [4.78, 5) is 1.97. The molecule has 28 heavy (non-hydrogen) atoms. The van der Waals surface area contributed by atoms with Crippen LogP contribution in [0.15, 0.2) is 82.6 Å². The van der Waals surface area contributed by atoms with E-state index >= 15 is 0 Å². The van der Waals surface area contributed by atoms with Crippen LogP contribution in [0.2, 0.25) is 0 Å². The second kappa shape index (κ2) is 7.37. The fourth-order valence-electron chi connectivity index (χ4n) is 2.11. The maximum Gasteiger partial charge on any atom is 0.166 e. The fraction of sp³-hybridized carbons (Fsp3) is 0. The molecule has 0 saturated carbocycles.